The number of carbonyl (C=O) groups is 1. The second kappa shape index (κ2) is 8.80. The molecule has 6 heteroatoms. The van der Waals surface area contributed by atoms with Gasteiger partial charge in [0.1, 0.15) is 12.4 Å². The maximum atomic E-state index is 12.2. The Bertz CT molecular complexity index is 882. The Morgan fingerprint density at radius 3 is 2.44 bits per heavy atom. The van der Waals surface area contributed by atoms with E-state index in [1.807, 2.05) is 73.5 Å². The molecule has 0 spiro atoms. The van der Waals surface area contributed by atoms with Crippen LogP contribution in [-0.4, -0.2) is 36.3 Å². The SMILES string of the molecule is Cc1ccccc1OCCN(C)c1ccc(C(=O)Nc2ccccc2)nn1. The third-order valence-electron chi connectivity index (χ3n) is 4.08. The first-order chi connectivity index (χ1) is 13.1. The van der Waals surface area contributed by atoms with Crippen LogP contribution in [0.25, 0.3) is 0 Å². The fraction of sp³-hybridized carbons (Fsp3) is 0.190. The number of aryl methyl sites for hydroxylation is 1. The molecule has 2 aromatic carbocycles. The van der Waals surface area contributed by atoms with E-state index in [2.05, 4.69) is 15.5 Å². The first kappa shape index (κ1) is 18.4. The van der Waals surface area contributed by atoms with Crippen molar-refractivity contribution >= 4 is 17.4 Å². The maximum Gasteiger partial charge on any atom is 0.276 e. The highest BCUT2D eigenvalue weighted by Crippen LogP contribution is 2.16. The van der Waals surface area contributed by atoms with E-state index in [0.29, 0.717) is 19.0 Å². The monoisotopic (exact) mass is 362 g/mol. The summed E-state index contributed by atoms with van der Waals surface area (Å²) in [5.41, 5.74) is 2.10. The predicted molar refractivity (Wildman–Crippen MR) is 106 cm³/mol. The number of nitrogens with one attached hydrogen (secondary N) is 1. The number of amides is 1. The summed E-state index contributed by atoms with van der Waals surface area (Å²) >= 11 is 0. The number of nitrogens with zero attached hydrogens (tertiary/aromatic N) is 3. The summed E-state index contributed by atoms with van der Waals surface area (Å²) in [4.78, 5) is 14.1. The third-order valence-corrected chi connectivity index (χ3v) is 4.08. The summed E-state index contributed by atoms with van der Waals surface area (Å²) in [6.45, 7) is 3.20. The normalized spacial score (nSPS) is 10.3. The summed E-state index contributed by atoms with van der Waals surface area (Å²) < 4.78 is 5.80. The molecule has 1 heterocycles. The van der Waals surface area contributed by atoms with Gasteiger partial charge in [-0.25, -0.2) is 0 Å². The van der Waals surface area contributed by atoms with Crippen LogP contribution in [0.5, 0.6) is 5.75 Å². The molecule has 138 valence electrons. The van der Waals surface area contributed by atoms with Crippen molar-refractivity contribution in [3.05, 3.63) is 78.0 Å². The minimum absolute atomic E-state index is 0.271. The molecule has 0 saturated carbocycles. The lowest BCUT2D eigenvalue weighted by molar-refractivity contribution is 0.102. The predicted octanol–water partition coefficient (Wildman–Crippen LogP) is 3.55. The Balaban J connectivity index is 1.53. The van der Waals surface area contributed by atoms with E-state index in [1.54, 1.807) is 12.1 Å². The van der Waals surface area contributed by atoms with Gasteiger partial charge >= 0.3 is 0 Å². The van der Waals surface area contributed by atoms with Gasteiger partial charge in [0.2, 0.25) is 0 Å². The zero-order valence-electron chi connectivity index (χ0n) is 15.4. The summed E-state index contributed by atoms with van der Waals surface area (Å²) in [5.74, 6) is 1.27. The van der Waals surface area contributed by atoms with Crippen molar-refractivity contribution in [1.82, 2.24) is 10.2 Å². The Hall–Kier alpha value is -3.41. The van der Waals surface area contributed by atoms with Crippen molar-refractivity contribution in [2.75, 3.05) is 30.4 Å². The van der Waals surface area contributed by atoms with Crippen LogP contribution in [0, 0.1) is 6.92 Å². The fourth-order valence-electron chi connectivity index (χ4n) is 2.49. The average molecular weight is 362 g/mol. The average Bonchev–Trinajstić information content (AvgIpc) is 2.70. The lowest BCUT2D eigenvalue weighted by Crippen LogP contribution is -2.25. The van der Waals surface area contributed by atoms with Crippen molar-refractivity contribution in [3.63, 3.8) is 0 Å². The standard InChI is InChI=1S/C21H22N4O2/c1-16-8-6-7-11-19(16)27-15-14-25(2)20-13-12-18(23-24-20)21(26)22-17-9-4-3-5-10-17/h3-13H,14-15H2,1-2H3,(H,22,26). The Morgan fingerprint density at radius 1 is 1.00 bits per heavy atom. The second-order valence-corrected chi connectivity index (χ2v) is 6.13. The molecule has 0 radical (unpaired) electrons. The minimum atomic E-state index is -0.286. The van der Waals surface area contributed by atoms with E-state index in [1.165, 1.54) is 0 Å². The number of anilines is 2. The van der Waals surface area contributed by atoms with Crippen molar-refractivity contribution in [2.24, 2.45) is 0 Å². The van der Waals surface area contributed by atoms with Gasteiger partial charge in [0.25, 0.3) is 5.91 Å². The van der Waals surface area contributed by atoms with E-state index in [9.17, 15) is 4.79 Å². The van der Waals surface area contributed by atoms with Crippen molar-refractivity contribution in [2.45, 2.75) is 6.92 Å². The summed E-state index contributed by atoms with van der Waals surface area (Å²) in [7, 11) is 1.91. The van der Waals surface area contributed by atoms with E-state index >= 15 is 0 Å². The van der Waals surface area contributed by atoms with Crippen molar-refractivity contribution < 1.29 is 9.53 Å². The molecule has 1 aromatic heterocycles. The van der Waals surface area contributed by atoms with Gasteiger partial charge in [-0.1, -0.05) is 36.4 Å². The highest BCUT2D eigenvalue weighted by molar-refractivity contribution is 6.02. The molecule has 0 bridgehead atoms. The number of hydrogen-bond donors (Lipinski definition) is 1. The molecule has 0 unspecified atom stereocenters. The van der Waals surface area contributed by atoms with Gasteiger partial charge in [0, 0.05) is 12.7 Å². The Kier molecular flexibility index (Phi) is 5.99. The summed E-state index contributed by atoms with van der Waals surface area (Å²) in [5, 5.41) is 11.0. The lowest BCUT2D eigenvalue weighted by Gasteiger charge is -2.18. The summed E-state index contributed by atoms with van der Waals surface area (Å²) in [6, 6.07) is 20.6. The van der Waals surface area contributed by atoms with Crippen LogP contribution < -0.4 is 15.0 Å². The number of aromatic nitrogens is 2. The number of hydrogen-bond acceptors (Lipinski definition) is 5. The molecule has 6 nitrogen and oxygen atoms in total. The molecular formula is C21H22N4O2. The van der Waals surface area contributed by atoms with Gasteiger partial charge in [-0.2, -0.15) is 0 Å². The molecule has 0 saturated heterocycles. The van der Waals surface area contributed by atoms with Crippen molar-refractivity contribution in [3.8, 4) is 5.75 Å². The number of benzene rings is 2. The van der Waals surface area contributed by atoms with E-state index in [4.69, 9.17) is 4.74 Å². The Labute approximate surface area is 158 Å². The molecule has 3 aromatic rings. The fourth-order valence-corrected chi connectivity index (χ4v) is 2.49. The molecule has 1 amide bonds. The molecule has 0 fully saturated rings. The van der Waals surface area contributed by atoms with Gasteiger partial charge in [0.05, 0.1) is 6.54 Å². The smallest absolute Gasteiger partial charge is 0.276 e. The van der Waals surface area contributed by atoms with Crippen LogP contribution in [0.15, 0.2) is 66.7 Å². The van der Waals surface area contributed by atoms with Crippen LogP contribution in [0.4, 0.5) is 11.5 Å². The maximum absolute atomic E-state index is 12.2. The van der Waals surface area contributed by atoms with Crippen LogP contribution in [0.1, 0.15) is 16.1 Å². The largest absolute Gasteiger partial charge is 0.491 e. The van der Waals surface area contributed by atoms with Crippen LogP contribution >= 0.6 is 0 Å². The zero-order chi connectivity index (χ0) is 19.1. The first-order valence-electron chi connectivity index (χ1n) is 8.73. The molecule has 1 N–H and O–H groups in total. The first-order valence-corrected chi connectivity index (χ1v) is 8.73. The highest BCUT2D eigenvalue weighted by atomic mass is 16.5. The van der Waals surface area contributed by atoms with E-state index < -0.39 is 0 Å². The third kappa shape index (κ3) is 5.04. The molecule has 0 aliphatic rings. The number of rotatable bonds is 7. The molecule has 3 rings (SSSR count). The van der Waals surface area contributed by atoms with Crippen LogP contribution in [0.3, 0.4) is 0 Å². The quantitative estimate of drug-likeness (QED) is 0.696. The highest BCUT2D eigenvalue weighted by Gasteiger charge is 2.10. The molecule has 0 aliphatic carbocycles. The van der Waals surface area contributed by atoms with Gasteiger partial charge in [-0.05, 0) is 42.8 Å². The molecule has 0 aliphatic heterocycles. The molecule has 27 heavy (non-hydrogen) atoms. The van der Waals surface area contributed by atoms with Crippen LogP contribution in [0.2, 0.25) is 0 Å². The van der Waals surface area contributed by atoms with Gasteiger partial charge in [0.15, 0.2) is 11.5 Å². The summed E-state index contributed by atoms with van der Waals surface area (Å²) in [6.07, 6.45) is 0. The molecule has 0 atom stereocenters. The second-order valence-electron chi connectivity index (χ2n) is 6.13. The van der Waals surface area contributed by atoms with Gasteiger partial charge in [-0.3, -0.25) is 4.79 Å². The number of likely N-dealkylation sites (N-methyl/N-ethyl adjacent to an activating group) is 1. The van der Waals surface area contributed by atoms with Gasteiger partial charge < -0.3 is 15.0 Å². The molecular weight excluding hydrogens is 340 g/mol. The van der Waals surface area contributed by atoms with Crippen molar-refractivity contribution in [1.29, 1.82) is 0 Å². The van der Waals surface area contributed by atoms with E-state index in [-0.39, 0.29) is 11.6 Å². The lowest BCUT2D eigenvalue weighted by atomic mass is 10.2. The zero-order valence-corrected chi connectivity index (χ0v) is 15.4. The van der Waals surface area contributed by atoms with E-state index in [0.717, 1.165) is 17.0 Å². The minimum Gasteiger partial charge on any atom is -0.491 e. The number of para-hydroxylation sites is 2. The number of carbonyl (C=O) groups excluding carboxylic acids is 1. The van der Waals surface area contributed by atoms with Gasteiger partial charge in [-0.15, -0.1) is 10.2 Å². The topological polar surface area (TPSA) is 67.3 Å². The Morgan fingerprint density at radius 2 is 1.74 bits per heavy atom. The number of ether oxygens (including phenoxy) is 1. The van der Waals surface area contributed by atoms with Crippen LogP contribution in [-0.2, 0) is 0 Å².